The van der Waals surface area contributed by atoms with Crippen molar-refractivity contribution in [2.24, 2.45) is 0 Å². The fourth-order valence-corrected chi connectivity index (χ4v) is 4.53. The number of hydrogen-bond acceptors (Lipinski definition) is 0. The number of aromatic amines is 1. The van der Waals surface area contributed by atoms with E-state index in [4.69, 9.17) is 0 Å². The van der Waals surface area contributed by atoms with Crippen molar-refractivity contribution in [2.45, 2.75) is 26.2 Å². The van der Waals surface area contributed by atoms with E-state index in [0.29, 0.717) is 0 Å². The second-order valence-corrected chi connectivity index (χ2v) is 7.62. The number of nitrogens with one attached hydrogen (secondary N) is 1. The zero-order valence-electron chi connectivity index (χ0n) is 14.9. The Morgan fingerprint density at radius 2 is 1.56 bits per heavy atom. The van der Waals surface area contributed by atoms with Gasteiger partial charge in [0.25, 0.3) is 0 Å². The molecule has 0 radical (unpaired) electrons. The Morgan fingerprint density at radius 1 is 0.800 bits per heavy atom. The Morgan fingerprint density at radius 3 is 2.44 bits per heavy atom. The normalized spacial score (nSPS) is 15.6. The van der Waals surface area contributed by atoms with Gasteiger partial charge in [-0.25, -0.2) is 0 Å². The summed E-state index contributed by atoms with van der Waals surface area (Å²) < 4.78 is 0. The van der Waals surface area contributed by atoms with E-state index in [1.807, 2.05) is 0 Å². The molecule has 0 amide bonds. The molecule has 25 heavy (non-hydrogen) atoms. The van der Waals surface area contributed by atoms with E-state index >= 15 is 0 Å². The van der Waals surface area contributed by atoms with Crippen LogP contribution in [-0.4, -0.2) is 4.98 Å². The second-order valence-electron chi connectivity index (χ2n) is 7.62. The molecule has 0 saturated carbocycles. The Labute approximate surface area is 148 Å². The highest BCUT2D eigenvalue weighted by molar-refractivity contribution is 6.10. The average Bonchev–Trinajstić information content (AvgIpc) is 2.95. The minimum Gasteiger partial charge on any atom is -0.354 e. The van der Waals surface area contributed by atoms with Gasteiger partial charge in [0, 0.05) is 21.7 Å². The smallest absolute Gasteiger partial charge is 0.0512 e. The first-order valence-corrected chi connectivity index (χ1v) is 8.89. The molecule has 4 aromatic rings. The highest BCUT2D eigenvalue weighted by atomic mass is 14.7. The summed E-state index contributed by atoms with van der Waals surface area (Å²) in [6.45, 7) is 6.93. The zero-order valence-corrected chi connectivity index (χ0v) is 14.9. The van der Waals surface area contributed by atoms with Gasteiger partial charge in [0.15, 0.2) is 0 Å². The summed E-state index contributed by atoms with van der Waals surface area (Å²) in [5.74, 6) is 0. The number of benzene rings is 3. The van der Waals surface area contributed by atoms with Crippen molar-refractivity contribution in [1.29, 1.82) is 0 Å². The lowest BCUT2D eigenvalue weighted by molar-refractivity contribution is 0.644. The van der Waals surface area contributed by atoms with Crippen molar-refractivity contribution in [3.8, 4) is 0 Å². The number of para-hydroxylation sites is 1. The van der Waals surface area contributed by atoms with Gasteiger partial charge in [0.2, 0.25) is 0 Å². The largest absolute Gasteiger partial charge is 0.354 e. The van der Waals surface area contributed by atoms with E-state index in [1.165, 1.54) is 49.6 Å². The summed E-state index contributed by atoms with van der Waals surface area (Å²) in [6.07, 6.45) is 2.33. The van der Waals surface area contributed by atoms with Gasteiger partial charge >= 0.3 is 0 Å². The SMILES string of the molecule is CC1=Cc2ccccc2C(C)(C)c2c1ccc1c2[nH]c2ccccc21. The predicted molar refractivity (Wildman–Crippen MR) is 108 cm³/mol. The molecule has 5 rings (SSSR count). The summed E-state index contributed by atoms with van der Waals surface area (Å²) in [5.41, 5.74) is 9.20. The maximum Gasteiger partial charge on any atom is 0.0512 e. The number of allylic oxidation sites excluding steroid dienone is 1. The molecule has 1 aliphatic carbocycles. The van der Waals surface area contributed by atoms with Crippen molar-refractivity contribution in [1.82, 2.24) is 4.98 Å². The third-order valence-electron chi connectivity index (χ3n) is 5.74. The van der Waals surface area contributed by atoms with Gasteiger partial charge in [0.1, 0.15) is 0 Å². The maximum atomic E-state index is 3.71. The van der Waals surface area contributed by atoms with Crippen LogP contribution in [0.2, 0.25) is 0 Å². The Bertz CT molecular complexity index is 1170. The Hall–Kier alpha value is -2.80. The highest BCUT2D eigenvalue weighted by Crippen LogP contribution is 2.45. The minimum absolute atomic E-state index is 0.0689. The van der Waals surface area contributed by atoms with Gasteiger partial charge in [-0.3, -0.25) is 0 Å². The summed E-state index contributed by atoms with van der Waals surface area (Å²) in [6, 6.07) is 22.0. The molecule has 3 aromatic carbocycles. The molecule has 1 nitrogen and oxygen atoms in total. The Balaban J connectivity index is 1.98. The first-order valence-electron chi connectivity index (χ1n) is 8.89. The van der Waals surface area contributed by atoms with E-state index in [0.717, 1.165) is 0 Å². The van der Waals surface area contributed by atoms with E-state index in [2.05, 4.69) is 92.5 Å². The summed E-state index contributed by atoms with van der Waals surface area (Å²) in [5, 5.41) is 2.62. The molecule has 0 bridgehead atoms. The van der Waals surface area contributed by atoms with Gasteiger partial charge in [-0.1, -0.05) is 74.5 Å². The molecular weight excluding hydrogens is 302 g/mol. The van der Waals surface area contributed by atoms with Crippen LogP contribution in [0.4, 0.5) is 0 Å². The highest BCUT2D eigenvalue weighted by Gasteiger charge is 2.32. The van der Waals surface area contributed by atoms with Crippen LogP contribution in [0.15, 0.2) is 60.7 Å². The van der Waals surface area contributed by atoms with E-state index in [1.54, 1.807) is 0 Å². The molecule has 122 valence electrons. The number of fused-ring (bicyclic) bond motifs is 6. The number of hydrogen-bond donors (Lipinski definition) is 1. The first-order chi connectivity index (χ1) is 12.1. The van der Waals surface area contributed by atoms with Crippen molar-refractivity contribution < 1.29 is 0 Å². The van der Waals surface area contributed by atoms with Crippen molar-refractivity contribution >= 4 is 33.5 Å². The predicted octanol–water partition coefficient (Wildman–Crippen LogP) is 6.52. The van der Waals surface area contributed by atoms with Gasteiger partial charge in [-0.2, -0.15) is 0 Å². The summed E-state index contributed by atoms with van der Waals surface area (Å²) in [4.78, 5) is 3.71. The van der Waals surface area contributed by atoms with Crippen LogP contribution >= 0.6 is 0 Å². The summed E-state index contributed by atoms with van der Waals surface area (Å²) in [7, 11) is 0. The molecule has 0 aliphatic heterocycles. The van der Waals surface area contributed by atoms with Crippen LogP contribution in [0.5, 0.6) is 0 Å². The van der Waals surface area contributed by atoms with Crippen LogP contribution in [-0.2, 0) is 5.41 Å². The molecule has 1 N–H and O–H groups in total. The molecule has 0 saturated heterocycles. The minimum atomic E-state index is -0.0689. The lowest BCUT2D eigenvalue weighted by atomic mass is 9.74. The van der Waals surface area contributed by atoms with Crippen molar-refractivity contribution in [2.75, 3.05) is 0 Å². The Kier molecular flexibility index (Phi) is 2.82. The fraction of sp³-hybridized carbons (Fsp3) is 0.167. The first kappa shape index (κ1) is 14.5. The van der Waals surface area contributed by atoms with E-state index in [-0.39, 0.29) is 5.41 Å². The lowest BCUT2D eigenvalue weighted by Crippen LogP contribution is -2.21. The summed E-state index contributed by atoms with van der Waals surface area (Å²) >= 11 is 0. The second kappa shape index (κ2) is 4.86. The molecule has 0 fully saturated rings. The van der Waals surface area contributed by atoms with Crippen LogP contribution in [0.3, 0.4) is 0 Å². The van der Waals surface area contributed by atoms with Crippen LogP contribution in [0.25, 0.3) is 33.5 Å². The molecule has 0 unspecified atom stereocenters. The fourth-order valence-electron chi connectivity index (χ4n) is 4.53. The standard InChI is InChI=1S/C24H21N/c1-15-14-16-8-4-6-10-20(16)24(2,3)22-17(15)12-13-19-18-9-5-7-11-21(18)25-23(19)22/h4-14,25H,1-3H3. The molecule has 0 spiro atoms. The molecule has 1 heteroatoms. The van der Waals surface area contributed by atoms with Crippen LogP contribution in [0, 0.1) is 0 Å². The molecule has 1 aromatic heterocycles. The molecule has 1 aliphatic rings. The van der Waals surface area contributed by atoms with Crippen LogP contribution < -0.4 is 0 Å². The van der Waals surface area contributed by atoms with E-state index in [9.17, 15) is 0 Å². The lowest BCUT2D eigenvalue weighted by Gasteiger charge is -2.29. The van der Waals surface area contributed by atoms with Gasteiger partial charge in [-0.15, -0.1) is 0 Å². The number of rotatable bonds is 0. The number of aromatic nitrogens is 1. The quantitative estimate of drug-likeness (QED) is 0.379. The zero-order chi connectivity index (χ0) is 17.2. The van der Waals surface area contributed by atoms with Gasteiger partial charge in [0.05, 0.1) is 5.52 Å². The van der Waals surface area contributed by atoms with Gasteiger partial charge in [-0.05, 0) is 40.8 Å². The molecular formula is C24H21N. The van der Waals surface area contributed by atoms with E-state index < -0.39 is 0 Å². The number of H-pyrrole nitrogens is 1. The molecule has 0 atom stereocenters. The topological polar surface area (TPSA) is 15.8 Å². The van der Waals surface area contributed by atoms with Crippen molar-refractivity contribution in [3.05, 3.63) is 82.9 Å². The maximum absolute atomic E-state index is 3.71. The van der Waals surface area contributed by atoms with Gasteiger partial charge < -0.3 is 4.98 Å². The third kappa shape index (κ3) is 1.90. The third-order valence-corrected chi connectivity index (χ3v) is 5.74. The average molecular weight is 323 g/mol. The van der Waals surface area contributed by atoms with Crippen molar-refractivity contribution in [3.63, 3.8) is 0 Å². The monoisotopic (exact) mass is 323 g/mol. The van der Waals surface area contributed by atoms with Crippen LogP contribution in [0.1, 0.15) is 43.0 Å². The molecule has 1 heterocycles.